The lowest BCUT2D eigenvalue weighted by Crippen LogP contribution is -1.96. The fourth-order valence-electron chi connectivity index (χ4n) is 1.75. The summed E-state index contributed by atoms with van der Waals surface area (Å²) in [6.07, 6.45) is 0.612. The first-order chi connectivity index (χ1) is 9.06. The Morgan fingerprint density at radius 1 is 1.05 bits per heavy atom. The molecular formula is C14H11Cl2NO2. The molecule has 0 aromatic heterocycles. The maximum Gasteiger partial charge on any atom is 0.269 e. The van der Waals surface area contributed by atoms with Crippen molar-refractivity contribution in [2.45, 2.75) is 11.8 Å². The van der Waals surface area contributed by atoms with Gasteiger partial charge in [-0.25, -0.2) is 0 Å². The average molecular weight is 296 g/mol. The molecule has 0 bridgehead atoms. The Balaban J connectivity index is 2.08. The highest BCUT2D eigenvalue weighted by atomic mass is 35.5. The number of hydrogen-bond acceptors (Lipinski definition) is 2. The Morgan fingerprint density at radius 3 is 2.16 bits per heavy atom. The molecule has 0 aliphatic rings. The zero-order chi connectivity index (χ0) is 13.8. The number of hydrogen-bond donors (Lipinski definition) is 0. The molecule has 0 saturated carbocycles. The SMILES string of the molecule is O=[N+]([O-])c1ccc(CC(Cl)c2ccc(Cl)cc2)cc1. The zero-order valence-electron chi connectivity index (χ0n) is 9.92. The third-order valence-electron chi connectivity index (χ3n) is 2.79. The summed E-state index contributed by atoms with van der Waals surface area (Å²) >= 11 is 12.1. The van der Waals surface area contributed by atoms with Gasteiger partial charge in [0, 0.05) is 17.2 Å². The molecule has 0 N–H and O–H groups in total. The van der Waals surface area contributed by atoms with Gasteiger partial charge in [0.05, 0.1) is 10.3 Å². The van der Waals surface area contributed by atoms with Crippen molar-refractivity contribution in [1.29, 1.82) is 0 Å². The minimum Gasteiger partial charge on any atom is -0.258 e. The molecule has 98 valence electrons. The quantitative estimate of drug-likeness (QED) is 0.463. The van der Waals surface area contributed by atoms with Crippen molar-refractivity contribution in [2.24, 2.45) is 0 Å². The Kier molecular flexibility index (Phi) is 4.40. The molecule has 0 aliphatic heterocycles. The average Bonchev–Trinajstić information content (AvgIpc) is 2.40. The van der Waals surface area contributed by atoms with Crippen LogP contribution in [0.25, 0.3) is 0 Å². The Hall–Kier alpha value is -1.58. The van der Waals surface area contributed by atoms with E-state index < -0.39 is 4.92 Å². The van der Waals surface area contributed by atoms with E-state index >= 15 is 0 Å². The summed E-state index contributed by atoms with van der Waals surface area (Å²) in [5.41, 5.74) is 2.02. The van der Waals surface area contributed by atoms with Gasteiger partial charge in [0.15, 0.2) is 0 Å². The highest BCUT2D eigenvalue weighted by molar-refractivity contribution is 6.30. The van der Waals surface area contributed by atoms with Crippen LogP contribution in [-0.2, 0) is 6.42 Å². The van der Waals surface area contributed by atoms with Crippen LogP contribution in [0.15, 0.2) is 48.5 Å². The number of benzene rings is 2. The number of halogens is 2. The van der Waals surface area contributed by atoms with E-state index in [9.17, 15) is 10.1 Å². The van der Waals surface area contributed by atoms with Gasteiger partial charge in [0.2, 0.25) is 0 Å². The Morgan fingerprint density at radius 2 is 1.63 bits per heavy atom. The van der Waals surface area contributed by atoms with Gasteiger partial charge < -0.3 is 0 Å². The third-order valence-corrected chi connectivity index (χ3v) is 3.45. The first kappa shape index (κ1) is 13.8. The largest absolute Gasteiger partial charge is 0.269 e. The van der Waals surface area contributed by atoms with Crippen LogP contribution in [0, 0.1) is 10.1 Å². The van der Waals surface area contributed by atoms with Crippen molar-refractivity contribution >= 4 is 28.9 Å². The zero-order valence-corrected chi connectivity index (χ0v) is 11.4. The van der Waals surface area contributed by atoms with Crippen molar-refractivity contribution in [1.82, 2.24) is 0 Å². The second-order valence-electron chi connectivity index (χ2n) is 4.15. The number of non-ortho nitro benzene ring substituents is 1. The highest BCUT2D eigenvalue weighted by Crippen LogP contribution is 2.26. The van der Waals surface area contributed by atoms with Crippen LogP contribution < -0.4 is 0 Å². The van der Waals surface area contributed by atoms with E-state index in [1.165, 1.54) is 12.1 Å². The van der Waals surface area contributed by atoms with Gasteiger partial charge in [-0.1, -0.05) is 35.9 Å². The molecule has 1 atom stereocenters. The second-order valence-corrected chi connectivity index (χ2v) is 5.11. The number of alkyl halides is 1. The Labute approximate surface area is 120 Å². The number of rotatable bonds is 4. The van der Waals surface area contributed by atoms with Gasteiger partial charge in [0.1, 0.15) is 0 Å². The maximum atomic E-state index is 10.6. The number of nitro groups is 1. The molecule has 0 fully saturated rings. The summed E-state index contributed by atoms with van der Waals surface area (Å²) in [6.45, 7) is 0. The van der Waals surface area contributed by atoms with E-state index in [4.69, 9.17) is 23.2 Å². The molecule has 5 heteroatoms. The van der Waals surface area contributed by atoms with Gasteiger partial charge in [0.25, 0.3) is 5.69 Å². The van der Waals surface area contributed by atoms with Crippen LogP contribution in [0.2, 0.25) is 5.02 Å². The summed E-state index contributed by atoms with van der Waals surface area (Å²) < 4.78 is 0. The van der Waals surface area contributed by atoms with Crippen LogP contribution in [0.1, 0.15) is 16.5 Å². The fraction of sp³-hybridized carbons (Fsp3) is 0.143. The molecule has 0 spiro atoms. The van der Waals surface area contributed by atoms with Crippen LogP contribution in [0.3, 0.4) is 0 Å². The summed E-state index contributed by atoms with van der Waals surface area (Å²) in [4.78, 5) is 10.1. The van der Waals surface area contributed by atoms with E-state index in [0.29, 0.717) is 11.4 Å². The third kappa shape index (κ3) is 3.69. The lowest BCUT2D eigenvalue weighted by Gasteiger charge is -2.10. The molecule has 0 amide bonds. The second kappa shape index (κ2) is 6.04. The van der Waals surface area contributed by atoms with Crippen molar-refractivity contribution in [2.75, 3.05) is 0 Å². The standard InChI is InChI=1S/C14H11Cl2NO2/c15-12-5-3-11(4-6-12)14(16)9-10-1-7-13(8-2-10)17(18)19/h1-8,14H,9H2. The van der Waals surface area contributed by atoms with Crippen LogP contribution >= 0.6 is 23.2 Å². The molecular weight excluding hydrogens is 285 g/mol. The normalized spacial score (nSPS) is 12.1. The number of nitrogens with zero attached hydrogens (tertiary/aromatic N) is 1. The maximum absolute atomic E-state index is 10.6. The van der Waals surface area contributed by atoms with Crippen LogP contribution in [0.4, 0.5) is 5.69 Å². The molecule has 0 radical (unpaired) electrons. The molecule has 0 heterocycles. The van der Waals surface area contributed by atoms with Gasteiger partial charge in [-0.2, -0.15) is 0 Å². The van der Waals surface area contributed by atoms with Gasteiger partial charge in [-0.05, 0) is 29.7 Å². The van der Waals surface area contributed by atoms with Crippen molar-refractivity contribution in [3.63, 3.8) is 0 Å². The fourth-order valence-corrected chi connectivity index (χ4v) is 2.20. The lowest BCUT2D eigenvalue weighted by atomic mass is 10.0. The van der Waals surface area contributed by atoms with Crippen LogP contribution in [-0.4, -0.2) is 4.92 Å². The van der Waals surface area contributed by atoms with Crippen molar-refractivity contribution in [3.8, 4) is 0 Å². The first-order valence-corrected chi connectivity index (χ1v) is 6.50. The molecule has 3 nitrogen and oxygen atoms in total. The predicted octanol–water partition coefficient (Wildman–Crippen LogP) is 4.77. The summed E-state index contributed by atoms with van der Waals surface area (Å²) in [5, 5.41) is 11.0. The Bertz CT molecular complexity index is 567. The summed E-state index contributed by atoms with van der Waals surface area (Å²) in [5.74, 6) is 0. The van der Waals surface area contributed by atoms with E-state index in [1.807, 2.05) is 12.1 Å². The molecule has 0 saturated heterocycles. The first-order valence-electron chi connectivity index (χ1n) is 5.69. The van der Waals surface area contributed by atoms with Gasteiger partial charge in [-0.15, -0.1) is 11.6 Å². The molecule has 2 rings (SSSR count). The molecule has 2 aromatic carbocycles. The van der Waals surface area contributed by atoms with E-state index in [1.54, 1.807) is 24.3 Å². The van der Waals surface area contributed by atoms with E-state index in [0.717, 1.165) is 11.1 Å². The molecule has 2 aromatic rings. The molecule has 19 heavy (non-hydrogen) atoms. The smallest absolute Gasteiger partial charge is 0.258 e. The van der Waals surface area contributed by atoms with Gasteiger partial charge >= 0.3 is 0 Å². The topological polar surface area (TPSA) is 43.1 Å². The monoisotopic (exact) mass is 295 g/mol. The minimum absolute atomic E-state index is 0.0846. The summed E-state index contributed by atoms with van der Waals surface area (Å²) in [6, 6.07) is 13.8. The molecule has 0 aliphatic carbocycles. The van der Waals surface area contributed by atoms with Crippen molar-refractivity contribution in [3.05, 3.63) is 74.8 Å². The van der Waals surface area contributed by atoms with E-state index in [-0.39, 0.29) is 11.1 Å². The molecule has 1 unspecified atom stereocenters. The minimum atomic E-state index is -0.416. The van der Waals surface area contributed by atoms with Crippen molar-refractivity contribution < 1.29 is 4.92 Å². The number of nitro benzene ring substituents is 1. The van der Waals surface area contributed by atoms with E-state index in [2.05, 4.69) is 0 Å². The van der Waals surface area contributed by atoms with Crippen LogP contribution in [0.5, 0.6) is 0 Å². The predicted molar refractivity (Wildman–Crippen MR) is 76.8 cm³/mol. The summed E-state index contributed by atoms with van der Waals surface area (Å²) in [7, 11) is 0. The lowest BCUT2D eigenvalue weighted by molar-refractivity contribution is -0.384. The van der Waals surface area contributed by atoms with Gasteiger partial charge in [-0.3, -0.25) is 10.1 Å². The highest BCUT2D eigenvalue weighted by Gasteiger charge is 2.10.